The van der Waals surface area contributed by atoms with Gasteiger partial charge in [0.25, 0.3) is 0 Å². The zero-order valence-corrected chi connectivity index (χ0v) is 20.9. The molecule has 4 aliphatic rings. The highest BCUT2D eigenvalue weighted by atomic mass is 19.1. The number of esters is 1. The number of carbonyl (C=O) groups is 2. The van der Waals surface area contributed by atoms with E-state index in [1.54, 1.807) is 19.1 Å². The average Bonchev–Trinajstić information content (AvgIpc) is 3.09. The normalized spacial score (nSPS) is 36.6. The number of hydrogen-bond donors (Lipinski definition) is 1. The number of ether oxygens (including phenoxy) is 1. The number of carbonyl (C=O) groups excluding carboxylic acids is 2. The Labute approximate surface area is 207 Å². The van der Waals surface area contributed by atoms with Crippen molar-refractivity contribution in [3.63, 3.8) is 0 Å². The molecule has 3 aliphatic carbocycles. The van der Waals surface area contributed by atoms with Gasteiger partial charge in [0.2, 0.25) is 5.91 Å². The zero-order chi connectivity index (χ0) is 24.7. The quantitative estimate of drug-likeness (QED) is 0.554. The fourth-order valence-electron chi connectivity index (χ4n) is 7.33. The first-order valence-electron chi connectivity index (χ1n) is 13.1. The summed E-state index contributed by atoms with van der Waals surface area (Å²) < 4.78 is 19.5. The highest BCUT2D eigenvalue weighted by molar-refractivity contribution is 5.76. The van der Waals surface area contributed by atoms with Crippen LogP contribution in [-0.2, 0) is 14.3 Å². The summed E-state index contributed by atoms with van der Waals surface area (Å²) in [7, 11) is 0. The Morgan fingerprint density at radius 3 is 2.74 bits per heavy atom. The minimum atomic E-state index is -0.206. The molecule has 1 unspecified atom stereocenters. The van der Waals surface area contributed by atoms with E-state index in [0.717, 1.165) is 37.7 Å². The second-order valence-electron chi connectivity index (χ2n) is 11.1. The molecule has 1 aromatic carbocycles. The van der Waals surface area contributed by atoms with Crippen LogP contribution in [0.25, 0.3) is 5.57 Å². The van der Waals surface area contributed by atoms with Gasteiger partial charge in [0.1, 0.15) is 11.9 Å². The van der Waals surface area contributed by atoms with Gasteiger partial charge in [-0.25, -0.2) is 4.39 Å². The molecule has 2 saturated carbocycles. The van der Waals surface area contributed by atoms with Gasteiger partial charge in [0.05, 0.1) is 5.92 Å². The summed E-state index contributed by atoms with van der Waals surface area (Å²) in [6.45, 7) is 5.82. The molecular formula is C30H36FNO3. The smallest absolute Gasteiger partial charge is 0.309 e. The number of benzene rings is 1. The van der Waals surface area contributed by atoms with Crippen molar-refractivity contribution >= 4 is 17.4 Å². The van der Waals surface area contributed by atoms with Crippen LogP contribution in [-0.4, -0.2) is 24.0 Å². The van der Waals surface area contributed by atoms with E-state index >= 15 is 0 Å². The third-order valence-corrected chi connectivity index (χ3v) is 8.80. The molecule has 0 spiro atoms. The molecule has 1 amide bonds. The van der Waals surface area contributed by atoms with Gasteiger partial charge in [-0.3, -0.25) is 9.59 Å². The summed E-state index contributed by atoms with van der Waals surface area (Å²) in [6.07, 6.45) is 13.6. The number of halogens is 1. The van der Waals surface area contributed by atoms with Gasteiger partial charge < -0.3 is 10.1 Å². The van der Waals surface area contributed by atoms with E-state index in [9.17, 15) is 14.0 Å². The standard InChI is InChI=1S/C30H36FNO3/c1-17-13-20(7-10-25(17)21-5-4-6-23(31)14-21)8-11-27-26-12-9-24(32-19(3)33)15-22(26)16-28-29(27)18(2)35-30(28)34/h4-8,10-11,14,17-18,22,24,26-29H,9,12-13,15-16H2,1-3H3,(H,32,33)/b11-8+/t17?,18-,22+,24-,26-,27-,28+,29-/m1/s1. The van der Waals surface area contributed by atoms with E-state index < -0.39 is 0 Å². The van der Waals surface area contributed by atoms with Crippen LogP contribution in [0, 0.1) is 41.3 Å². The fraction of sp³-hybridized carbons (Fsp3) is 0.533. The molecule has 1 aromatic rings. The first-order chi connectivity index (χ1) is 16.8. The van der Waals surface area contributed by atoms with E-state index in [-0.39, 0.29) is 41.7 Å². The van der Waals surface area contributed by atoms with Gasteiger partial charge in [-0.1, -0.05) is 43.4 Å². The largest absolute Gasteiger partial charge is 0.462 e. The minimum absolute atomic E-state index is 0.0245. The maximum atomic E-state index is 13.7. The zero-order valence-electron chi connectivity index (χ0n) is 20.9. The maximum absolute atomic E-state index is 13.7. The minimum Gasteiger partial charge on any atom is -0.462 e. The summed E-state index contributed by atoms with van der Waals surface area (Å²) in [5, 5.41) is 3.11. The van der Waals surface area contributed by atoms with Gasteiger partial charge in [-0.05, 0) is 91.5 Å². The predicted octanol–water partition coefficient (Wildman–Crippen LogP) is 5.85. The second-order valence-corrected chi connectivity index (χ2v) is 11.1. The second kappa shape index (κ2) is 9.75. The van der Waals surface area contributed by atoms with Crippen LogP contribution in [0.1, 0.15) is 58.4 Å². The molecule has 5 rings (SSSR count). The molecule has 0 aromatic heterocycles. The lowest BCUT2D eigenvalue weighted by molar-refractivity contribution is -0.144. The van der Waals surface area contributed by atoms with Crippen molar-refractivity contribution in [1.29, 1.82) is 0 Å². The van der Waals surface area contributed by atoms with Crippen LogP contribution >= 0.6 is 0 Å². The Morgan fingerprint density at radius 1 is 1.17 bits per heavy atom. The van der Waals surface area contributed by atoms with E-state index in [0.29, 0.717) is 23.7 Å². The van der Waals surface area contributed by atoms with Crippen LogP contribution in [0.4, 0.5) is 4.39 Å². The first-order valence-corrected chi connectivity index (χ1v) is 13.1. The highest BCUT2D eigenvalue weighted by Gasteiger charge is 2.54. The lowest BCUT2D eigenvalue weighted by Gasteiger charge is -2.47. The van der Waals surface area contributed by atoms with Crippen molar-refractivity contribution in [2.45, 2.75) is 65.0 Å². The van der Waals surface area contributed by atoms with Crippen molar-refractivity contribution in [3.05, 3.63) is 65.5 Å². The number of amides is 1. The average molecular weight is 478 g/mol. The molecule has 0 radical (unpaired) electrons. The van der Waals surface area contributed by atoms with Gasteiger partial charge in [-0.2, -0.15) is 0 Å². The molecule has 5 heteroatoms. The van der Waals surface area contributed by atoms with Gasteiger partial charge in [0, 0.05) is 18.9 Å². The molecular weight excluding hydrogens is 441 g/mol. The number of fused-ring (bicyclic) bond motifs is 2. The molecule has 3 fully saturated rings. The molecule has 35 heavy (non-hydrogen) atoms. The van der Waals surface area contributed by atoms with Crippen LogP contribution in [0.5, 0.6) is 0 Å². The Hall–Kier alpha value is -2.69. The third kappa shape index (κ3) is 4.87. The molecule has 1 saturated heterocycles. The van der Waals surface area contributed by atoms with Gasteiger partial charge in [0.15, 0.2) is 0 Å². The monoisotopic (exact) mass is 477 g/mol. The first kappa shape index (κ1) is 24.0. The number of rotatable bonds is 4. The number of nitrogens with one attached hydrogen (secondary N) is 1. The van der Waals surface area contributed by atoms with Crippen LogP contribution in [0.2, 0.25) is 0 Å². The Morgan fingerprint density at radius 2 is 2.00 bits per heavy atom. The van der Waals surface area contributed by atoms with E-state index in [1.165, 1.54) is 17.2 Å². The fourth-order valence-corrected chi connectivity index (χ4v) is 7.33. The van der Waals surface area contributed by atoms with E-state index in [1.807, 2.05) is 13.0 Å². The highest BCUT2D eigenvalue weighted by Crippen LogP contribution is 2.53. The molecule has 186 valence electrons. The number of allylic oxidation sites excluding steroid dienone is 6. The molecule has 1 heterocycles. The van der Waals surface area contributed by atoms with Crippen molar-refractivity contribution in [1.82, 2.24) is 5.32 Å². The van der Waals surface area contributed by atoms with Gasteiger partial charge >= 0.3 is 5.97 Å². The maximum Gasteiger partial charge on any atom is 0.309 e. The van der Waals surface area contributed by atoms with Crippen LogP contribution < -0.4 is 5.32 Å². The summed E-state index contributed by atoms with van der Waals surface area (Å²) >= 11 is 0. The Balaban J connectivity index is 1.38. The van der Waals surface area contributed by atoms with Crippen LogP contribution in [0.15, 0.2) is 54.1 Å². The lowest BCUT2D eigenvalue weighted by Crippen LogP contribution is -2.48. The summed E-state index contributed by atoms with van der Waals surface area (Å²) in [6, 6.07) is 7.03. The van der Waals surface area contributed by atoms with Crippen molar-refractivity contribution in [2.75, 3.05) is 0 Å². The Kier molecular flexibility index (Phi) is 6.69. The summed E-state index contributed by atoms with van der Waals surface area (Å²) in [5.41, 5.74) is 3.38. The van der Waals surface area contributed by atoms with Gasteiger partial charge in [-0.15, -0.1) is 0 Å². The lowest BCUT2D eigenvalue weighted by atomic mass is 9.56. The predicted molar refractivity (Wildman–Crippen MR) is 134 cm³/mol. The Bertz CT molecular complexity index is 1090. The van der Waals surface area contributed by atoms with E-state index in [2.05, 4.69) is 36.5 Å². The topological polar surface area (TPSA) is 55.4 Å². The van der Waals surface area contributed by atoms with Crippen molar-refractivity contribution in [2.24, 2.45) is 35.5 Å². The van der Waals surface area contributed by atoms with Crippen molar-refractivity contribution in [3.8, 4) is 0 Å². The summed E-state index contributed by atoms with van der Waals surface area (Å²) in [4.78, 5) is 24.3. The van der Waals surface area contributed by atoms with Crippen molar-refractivity contribution < 1.29 is 18.7 Å². The molecule has 4 nitrogen and oxygen atoms in total. The molecule has 8 atom stereocenters. The molecule has 1 aliphatic heterocycles. The third-order valence-electron chi connectivity index (χ3n) is 8.80. The molecule has 1 N–H and O–H groups in total. The van der Waals surface area contributed by atoms with Crippen LogP contribution in [0.3, 0.4) is 0 Å². The number of cyclic esters (lactones) is 1. The van der Waals surface area contributed by atoms with E-state index in [4.69, 9.17) is 4.74 Å². The SMILES string of the molecule is CC(=O)N[C@@H]1CC[C@@H]2[C@@H](C1)C[C@@H]1C(=O)O[C@H](C)[C@@H]1[C@@H]2/C=C/C1=CC=C(c2cccc(F)c2)C(C)C1. The summed E-state index contributed by atoms with van der Waals surface area (Å²) in [5.74, 6) is 1.48. The number of hydrogen-bond acceptors (Lipinski definition) is 3. The molecule has 0 bridgehead atoms.